The van der Waals surface area contributed by atoms with E-state index in [0.717, 1.165) is 19.5 Å². The summed E-state index contributed by atoms with van der Waals surface area (Å²) in [5, 5.41) is 11.4. The van der Waals surface area contributed by atoms with Crippen LogP contribution in [0, 0.1) is 29.1 Å². The number of methoxy groups -OCH3 is 1. The maximum atomic E-state index is 14.3. The predicted octanol–water partition coefficient (Wildman–Crippen LogP) is 3.14. The third-order valence-electron chi connectivity index (χ3n) is 11.3. The van der Waals surface area contributed by atoms with Gasteiger partial charge in [0.25, 0.3) is 0 Å². The van der Waals surface area contributed by atoms with Gasteiger partial charge in [0.05, 0.1) is 17.8 Å². The fourth-order valence-corrected chi connectivity index (χ4v) is 8.39. The quantitative estimate of drug-likeness (QED) is 0.252. The highest BCUT2D eigenvalue weighted by atomic mass is 16.7. The number of aliphatic hydroxyl groups excluding tert-OH is 1. The maximum Gasteiger partial charge on any atom is 0.319 e. The minimum atomic E-state index is -1.46. The number of cyclic esters (lactones) is 1. The van der Waals surface area contributed by atoms with Gasteiger partial charge in [-0.25, -0.2) is 0 Å². The van der Waals surface area contributed by atoms with Crippen molar-refractivity contribution in [3.63, 3.8) is 0 Å². The maximum absolute atomic E-state index is 14.3. The summed E-state index contributed by atoms with van der Waals surface area (Å²) in [5.74, 6) is -0.718. The molecule has 0 saturated carbocycles. The van der Waals surface area contributed by atoms with Crippen LogP contribution in [0.25, 0.3) is 0 Å². The van der Waals surface area contributed by atoms with Crippen molar-refractivity contribution in [1.82, 2.24) is 19.6 Å². The van der Waals surface area contributed by atoms with Crippen LogP contribution in [-0.4, -0.2) is 159 Å². The molecule has 12 heteroatoms. The highest BCUT2D eigenvalue weighted by Gasteiger charge is 2.52. The summed E-state index contributed by atoms with van der Waals surface area (Å²) in [6, 6.07) is -0.314. The fourth-order valence-electron chi connectivity index (χ4n) is 8.39. The number of esters is 1. The Bertz CT molecular complexity index is 1130. The van der Waals surface area contributed by atoms with Crippen LogP contribution in [0.1, 0.15) is 81.1 Å². The molecule has 290 valence electrons. The summed E-state index contributed by atoms with van der Waals surface area (Å²) >= 11 is 0. The Morgan fingerprint density at radius 2 is 1.72 bits per heavy atom. The summed E-state index contributed by atoms with van der Waals surface area (Å²) in [6.07, 6.45) is -0.401. The van der Waals surface area contributed by atoms with Crippen molar-refractivity contribution in [1.29, 1.82) is 0 Å². The zero-order chi connectivity index (χ0) is 37.7. The number of ether oxygens (including phenoxy) is 4. The van der Waals surface area contributed by atoms with E-state index in [9.17, 15) is 19.5 Å². The minimum Gasteiger partial charge on any atom is -0.463 e. The van der Waals surface area contributed by atoms with Gasteiger partial charge in [0.1, 0.15) is 18.1 Å². The average molecular weight is 711 g/mol. The molecule has 0 aromatic carbocycles. The third-order valence-corrected chi connectivity index (χ3v) is 11.3. The van der Waals surface area contributed by atoms with E-state index >= 15 is 0 Å². The van der Waals surface area contributed by atoms with Crippen molar-refractivity contribution in [2.75, 3.05) is 74.6 Å². The minimum absolute atomic E-state index is 0.0941. The number of likely N-dealkylation sites (tertiary alicyclic amines) is 1. The number of nitrogens with zero attached hydrogens (tertiary/aromatic N) is 4. The van der Waals surface area contributed by atoms with Crippen LogP contribution in [0.2, 0.25) is 0 Å². The number of likely N-dealkylation sites (N-methyl/N-ethyl adjacent to an activating group) is 2. The van der Waals surface area contributed by atoms with Crippen molar-refractivity contribution >= 4 is 17.7 Å². The number of hydrogen-bond acceptors (Lipinski definition) is 11. The van der Waals surface area contributed by atoms with Crippen LogP contribution in [0.15, 0.2) is 0 Å². The Kier molecular flexibility index (Phi) is 15.3. The van der Waals surface area contributed by atoms with Crippen molar-refractivity contribution in [2.24, 2.45) is 29.1 Å². The van der Waals surface area contributed by atoms with Gasteiger partial charge < -0.3 is 38.8 Å². The van der Waals surface area contributed by atoms with E-state index in [1.165, 1.54) is 0 Å². The molecular formula is C38H70N4O8. The Morgan fingerprint density at radius 3 is 2.30 bits per heavy atom. The van der Waals surface area contributed by atoms with Crippen LogP contribution in [0.4, 0.5) is 0 Å². The van der Waals surface area contributed by atoms with E-state index in [2.05, 4.69) is 37.6 Å². The van der Waals surface area contributed by atoms with Crippen LogP contribution >= 0.6 is 0 Å². The molecule has 3 aliphatic heterocycles. The lowest BCUT2D eigenvalue weighted by Crippen LogP contribution is -2.60. The number of rotatable bonds is 11. The molecule has 0 radical (unpaired) electrons. The number of ketones is 1. The zero-order valence-electron chi connectivity index (χ0n) is 33.4. The first-order valence-corrected chi connectivity index (χ1v) is 18.8. The largest absolute Gasteiger partial charge is 0.463 e. The standard InChI is InChI=1S/C38H70N4O8/c1-24(2)19-40(11)16-14-15-31(43)42-21-28(22-42)30-23-48-36(46)37(6,7)33(45)27(5)34(38(8,47-13)18-25(3)20-41(30)12)50-35-32(44)29(39(9)10)17-26(4)49-35/h24-30,32,34-35,44H,14-23H2,1-13H3/t25-,26-,27+,29+,30+,32-,34-,35?,38-/m1/s1. The summed E-state index contributed by atoms with van der Waals surface area (Å²) in [7, 11) is 9.59. The van der Waals surface area contributed by atoms with Gasteiger partial charge in [-0.05, 0) is 93.5 Å². The summed E-state index contributed by atoms with van der Waals surface area (Å²) in [5.41, 5.74) is -2.42. The number of carbonyl (C=O) groups excluding carboxylic acids is 3. The molecule has 1 amide bonds. The third kappa shape index (κ3) is 10.5. The van der Waals surface area contributed by atoms with Gasteiger partial charge in [0, 0.05) is 63.6 Å². The molecule has 3 fully saturated rings. The summed E-state index contributed by atoms with van der Waals surface area (Å²) in [4.78, 5) is 49.4. The van der Waals surface area contributed by atoms with Crippen LogP contribution in [-0.2, 0) is 33.3 Å². The zero-order valence-corrected chi connectivity index (χ0v) is 33.4. The smallest absolute Gasteiger partial charge is 0.319 e. The SMILES string of the molecule is CO[C@]1(C)C[C@@H](C)CN(C)[C@H](C2CN(C(=O)CCCN(C)CC(C)C)C2)COC(=O)C(C)(C)C(=O)[C@H](C)[C@H]1OC1O[C@H](C)C[C@H](N(C)C)[C@H]1O. The second-order valence-electron chi connectivity index (χ2n) is 17.2. The Labute approximate surface area is 302 Å². The second-order valence-corrected chi connectivity index (χ2v) is 17.2. The Morgan fingerprint density at radius 1 is 1.08 bits per heavy atom. The lowest BCUT2D eigenvalue weighted by Gasteiger charge is -2.47. The fraction of sp³-hybridized carbons (Fsp3) is 0.921. The first-order chi connectivity index (χ1) is 23.2. The van der Waals surface area contributed by atoms with Gasteiger partial charge >= 0.3 is 5.97 Å². The van der Waals surface area contributed by atoms with Crippen molar-refractivity contribution in [3.8, 4) is 0 Å². The molecule has 3 saturated heterocycles. The molecule has 1 N–H and O–H groups in total. The van der Waals surface area contributed by atoms with Gasteiger partial charge in [-0.15, -0.1) is 0 Å². The summed E-state index contributed by atoms with van der Waals surface area (Å²) < 4.78 is 25.0. The molecule has 50 heavy (non-hydrogen) atoms. The monoisotopic (exact) mass is 711 g/mol. The van der Waals surface area contributed by atoms with Crippen molar-refractivity contribution < 1.29 is 38.4 Å². The molecule has 0 aromatic heterocycles. The molecule has 1 unspecified atom stereocenters. The molecule has 0 aliphatic carbocycles. The number of hydrogen-bond donors (Lipinski definition) is 1. The first-order valence-electron chi connectivity index (χ1n) is 18.8. The number of carbonyl (C=O) groups is 3. The highest BCUT2D eigenvalue weighted by Crippen LogP contribution is 2.38. The molecule has 3 rings (SSSR count). The molecule has 3 heterocycles. The molecule has 9 atom stereocenters. The normalized spacial score (nSPS) is 35.4. The van der Waals surface area contributed by atoms with Gasteiger partial charge in [0.2, 0.25) is 5.91 Å². The van der Waals surface area contributed by atoms with E-state index in [1.807, 2.05) is 44.8 Å². The Balaban J connectivity index is 1.81. The molecule has 12 nitrogen and oxygen atoms in total. The van der Waals surface area contributed by atoms with Crippen molar-refractivity contribution in [3.05, 3.63) is 0 Å². The molecule has 3 aliphatic rings. The second kappa shape index (κ2) is 17.9. The van der Waals surface area contributed by atoms with Gasteiger partial charge in [-0.1, -0.05) is 27.7 Å². The lowest BCUT2D eigenvalue weighted by molar-refractivity contribution is -0.295. The lowest BCUT2D eigenvalue weighted by atomic mass is 9.74. The van der Waals surface area contributed by atoms with Crippen LogP contribution in [0.3, 0.4) is 0 Å². The van der Waals surface area contributed by atoms with Crippen molar-refractivity contribution in [2.45, 2.75) is 123 Å². The predicted molar refractivity (Wildman–Crippen MR) is 193 cm³/mol. The van der Waals surface area contributed by atoms with E-state index in [4.69, 9.17) is 18.9 Å². The first kappa shape index (κ1) is 42.7. The van der Waals surface area contributed by atoms with Crippen LogP contribution < -0.4 is 0 Å². The average Bonchev–Trinajstić information content (AvgIpc) is 2.99. The molecular weight excluding hydrogens is 640 g/mol. The van der Waals surface area contributed by atoms with Gasteiger partial charge in [-0.2, -0.15) is 0 Å². The topological polar surface area (TPSA) is 121 Å². The molecule has 0 spiro atoms. The molecule has 0 bridgehead atoms. The van der Waals surface area contributed by atoms with Gasteiger partial charge in [0.15, 0.2) is 12.1 Å². The van der Waals surface area contributed by atoms with Crippen LogP contribution in [0.5, 0.6) is 0 Å². The Hall–Kier alpha value is -1.67. The van der Waals surface area contributed by atoms with E-state index < -0.39 is 41.4 Å². The number of aliphatic hydroxyl groups is 1. The van der Waals surface area contributed by atoms with E-state index in [0.29, 0.717) is 44.8 Å². The van der Waals surface area contributed by atoms with E-state index in [1.54, 1.807) is 27.9 Å². The highest BCUT2D eigenvalue weighted by molar-refractivity contribution is 6.04. The number of amides is 1. The number of Topliss-reactive ketones (excluding diaryl/α,β-unsaturated/α-hetero) is 1. The summed E-state index contributed by atoms with van der Waals surface area (Å²) in [6.45, 7) is 19.4. The molecule has 0 aromatic rings. The van der Waals surface area contributed by atoms with E-state index in [-0.39, 0.29) is 48.3 Å². The van der Waals surface area contributed by atoms with Gasteiger partial charge in [-0.3, -0.25) is 19.3 Å².